The Balaban J connectivity index is 1.97. The van der Waals surface area contributed by atoms with Gasteiger partial charge in [-0.3, -0.25) is 9.59 Å². The molecule has 10 heteroatoms. The van der Waals surface area contributed by atoms with Crippen LogP contribution >= 0.6 is 11.5 Å². The van der Waals surface area contributed by atoms with Gasteiger partial charge in [0.1, 0.15) is 16.9 Å². The van der Waals surface area contributed by atoms with Crippen molar-refractivity contribution in [3.05, 3.63) is 36.2 Å². The number of aromatic nitrogens is 3. The number of nitrogens with two attached hydrogens (primary N) is 2. The fraction of sp³-hybridized carbons (Fsp3) is 0.188. The van der Waals surface area contributed by atoms with Crippen LogP contribution in [0.2, 0.25) is 0 Å². The second-order valence-corrected chi connectivity index (χ2v) is 6.25. The molecule has 6 N–H and O–H groups in total. The minimum Gasteiger partial charge on any atom is -0.368 e. The van der Waals surface area contributed by atoms with Crippen LogP contribution in [-0.4, -0.2) is 32.2 Å². The highest BCUT2D eigenvalue weighted by molar-refractivity contribution is 7.11. The first-order chi connectivity index (χ1) is 12.5. The Morgan fingerprint density at radius 1 is 1.27 bits per heavy atom. The van der Waals surface area contributed by atoms with Gasteiger partial charge in [-0.05, 0) is 30.1 Å². The summed E-state index contributed by atoms with van der Waals surface area (Å²) in [6, 6.07) is 6.97. The molecule has 134 valence electrons. The molecular formula is C16H17N7O2S. The van der Waals surface area contributed by atoms with Gasteiger partial charge in [-0.2, -0.15) is 4.37 Å². The van der Waals surface area contributed by atoms with E-state index in [1.54, 1.807) is 0 Å². The molecule has 1 aromatic carbocycles. The summed E-state index contributed by atoms with van der Waals surface area (Å²) in [5.41, 5.74) is 11.5. The molecule has 0 saturated heterocycles. The highest BCUT2D eigenvalue weighted by Crippen LogP contribution is 2.30. The SMILES string of the molecule is CCC(Nc1cnc(C(N)=O)c(Nc2snc3ccccc23)n1)C(N)=O. The van der Waals surface area contributed by atoms with Crippen LogP contribution < -0.4 is 22.1 Å². The molecule has 0 saturated carbocycles. The minimum atomic E-state index is -0.720. The van der Waals surface area contributed by atoms with Gasteiger partial charge in [0.05, 0.1) is 11.7 Å². The number of nitrogens with one attached hydrogen (secondary N) is 2. The van der Waals surface area contributed by atoms with E-state index in [-0.39, 0.29) is 11.5 Å². The number of carbonyl (C=O) groups excluding carboxylic acids is 2. The Kier molecular flexibility index (Phi) is 4.94. The van der Waals surface area contributed by atoms with Gasteiger partial charge in [-0.25, -0.2) is 9.97 Å². The van der Waals surface area contributed by atoms with Crippen LogP contribution in [0.1, 0.15) is 23.8 Å². The summed E-state index contributed by atoms with van der Waals surface area (Å²) < 4.78 is 4.33. The number of anilines is 3. The lowest BCUT2D eigenvalue weighted by atomic mass is 10.2. The number of carbonyl (C=O) groups is 2. The van der Waals surface area contributed by atoms with Crippen molar-refractivity contribution in [2.45, 2.75) is 19.4 Å². The first kappa shape index (κ1) is 17.5. The molecule has 0 aliphatic rings. The zero-order valence-electron chi connectivity index (χ0n) is 13.9. The molecule has 2 aromatic heterocycles. The van der Waals surface area contributed by atoms with Crippen LogP contribution in [-0.2, 0) is 4.79 Å². The van der Waals surface area contributed by atoms with E-state index in [4.69, 9.17) is 11.5 Å². The van der Waals surface area contributed by atoms with Crippen LogP contribution in [0.15, 0.2) is 30.5 Å². The number of benzene rings is 1. The van der Waals surface area contributed by atoms with Crippen molar-refractivity contribution in [3.63, 3.8) is 0 Å². The van der Waals surface area contributed by atoms with Gasteiger partial charge in [0.2, 0.25) is 5.91 Å². The number of amides is 2. The average molecular weight is 371 g/mol. The summed E-state index contributed by atoms with van der Waals surface area (Å²) in [6.07, 6.45) is 1.82. The summed E-state index contributed by atoms with van der Waals surface area (Å²) in [4.78, 5) is 31.5. The molecule has 1 unspecified atom stereocenters. The average Bonchev–Trinajstić information content (AvgIpc) is 3.02. The number of fused-ring (bicyclic) bond motifs is 1. The molecule has 3 rings (SSSR count). The molecule has 3 aromatic rings. The highest BCUT2D eigenvalue weighted by Gasteiger charge is 2.18. The van der Waals surface area contributed by atoms with Crippen molar-refractivity contribution in [2.24, 2.45) is 11.5 Å². The summed E-state index contributed by atoms with van der Waals surface area (Å²) >= 11 is 1.23. The molecular weight excluding hydrogens is 354 g/mol. The van der Waals surface area contributed by atoms with Crippen molar-refractivity contribution in [1.29, 1.82) is 0 Å². The molecule has 0 fully saturated rings. The zero-order chi connectivity index (χ0) is 18.7. The maximum Gasteiger partial charge on any atom is 0.271 e. The number of hydrogen-bond donors (Lipinski definition) is 4. The normalized spacial score (nSPS) is 11.9. The molecule has 0 aliphatic heterocycles. The third-order valence-electron chi connectivity index (χ3n) is 3.70. The van der Waals surface area contributed by atoms with E-state index in [0.29, 0.717) is 17.2 Å². The summed E-state index contributed by atoms with van der Waals surface area (Å²) in [7, 11) is 0. The second kappa shape index (κ2) is 7.31. The molecule has 0 spiro atoms. The first-order valence-corrected chi connectivity index (χ1v) is 8.61. The zero-order valence-corrected chi connectivity index (χ0v) is 14.7. The monoisotopic (exact) mass is 371 g/mol. The molecule has 0 aliphatic carbocycles. The predicted octanol–water partition coefficient (Wildman–Crippen LogP) is 1.60. The van der Waals surface area contributed by atoms with Gasteiger partial charge in [-0.1, -0.05) is 19.1 Å². The third kappa shape index (κ3) is 3.54. The van der Waals surface area contributed by atoms with E-state index in [1.807, 2.05) is 31.2 Å². The standard InChI is InChI=1S/C16H17N7O2S/c1-2-9(13(17)24)20-11-7-19-12(14(18)25)15(21-11)22-16-8-5-3-4-6-10(8)23-26-16/h3-7,9H,2H2,1H3,(H2,17,24)(H2,18,25)(H2,20,21,22). The molecule has 1 atom stereocenters. The van der Waals surface area contributed by atoms with Crippen molar-refractivity contribution < 1.29 is 9.59 Å². The lowest BCUT2D eigenvalue weighted by Crippen LogP contribution is -2.35. The van der Waals surface area contributed by atoms with E-state index >= 15 is 0 Å². The van der Waals surface area contributed by atoms with Crippen LogP contribution in [0.4, 0.5) is 16.6 Å². The van der Waals surface area contributed by atoms with E-state index in [0.717, 1.165) is 10.9 Å². The largest absolute Gasteiger partial charge is 0.368 e. The van der Waals surface area contributed by atoms with Gasteiger partial charge in [-0.15, -0.1) is 0 Å². The fourth-order valence-corrected chi connectivity index (χ4v) is 3.13. The maximum absolute atomic E-state index is 11.7. The van der Waals surface area contributed by atoms with Crippen LogP contribution in [0.3, 0.4) is 0 Å². The smallest absolute Gasteiger partial charge is 0.271 e. The lowest BCUT2D eigenvalue weighted by molar-refractivity contribution is -0.118. The van der Waals surface area contributed by atoms with Crippen molar-refractivity contribution >= 4 is 50.9 Å². The summed E-state index contributed by atoms with van der Waals surface area (Å²) in [5.74, 6) is -0.744. The van der Waals surface area contributed by atoms with E-state index in [9.17, 15) is 9.59 Å². The van der Waals surface area contributed by atoms with Crippen LogP contribution in [0.25, 0.3) is 10.9 Å². The van der Waals surface area contributed by atoms with Gasteiger partial charge in [0.25, 0.3) is 5.91 Å². The topological polar surface area (TPSA) is 149 Å². The van der Waals surface area contributed by atoms with Crippen LogP contribution in [0.5, 0.6) is 0 Å². The Labute approximate surface area is 153 Å². The Morgan fingerprint density at radius 2 is 2.04 bits per heavy atom. The number of primary amides is 2. The van der Waals surface area contributed by atoms with Gasteiger partial charge in [0.15, 0.2) is 11.5 Å². The molecule has 26 heavy (non-hydrogen) atoms. The quantitative estimate of drug-likeness (QED) is 0.493. The maximum atomic E-state index is 11.7. The van der Waals surface area contributed by atoms with Gasteiger partial charge >= 0.3 is 0 Å². The number of rotatable bonds is 7. The van der Waals surface area contributed by atoms with Gasteiger partial charge in [0, 0.05) is 5.39 Å². The molecule has 2 amide bonds. The summed E-state index contributed by atoms with van der Waals surface area (Å²) in [6.45, 7) is 1.82. The summed E-state index contributed by atoms with van der Waals surface area (Å²) in [5, 5.41) is 7.55. The van der Waals surface area contributed by atoms with E-state index < -0.39 is 17.9 Å². The first-order valence-electron chi connectivity index (χ1n) is 7.83. The molecule has 9 nitrogen and oxygen atoms in total. The molecule has 0 radical (unpaired) electrons. The van der Waals surface area contributed by atoms with Crippen molar-refractivity contribution in [1.82, 2.24) is 14.3 Å². The fourth-order valence-electron chi connectivity index (χ4n) is 2.37. The number of nitrogens with zero attached hydrogens (tertiary/aromatic N) is 3. The second-order valence-electron chi connectivity index (χ2n) is 5.48. The van der Waals surface area contributed by atoms with E-state index in [2.05, 4.69) is 25.0 Å². The lowest BCUT2D eigenvalue weighted by Gasteiger charge is -2.15. The Morgan fingerprint density at radius 3 is 2.73 bits per heavy atom. The Hall–Kier alpha value is -3.27. The minimum absolute atomic E-state index is 0.0137. The third-order valence-corrected chi connectivity index (χ3v) is 4.49. The van der Waals surface area contributed by atoms with Gasteiger partial charge < -0.3 is 22.1 Å². The van der Waals surface area contributed by atoms with Crippen molar-refractivity contribution in [2.75, 3.05) is 10.6 Å². The van der Waals surface area contributed by atoms with Crippen LogP contribution in [0, 0.1) is 0 Å². The van der Waals surface area contributed by atoms with E-state index in [1.165, 1.54) is 17.7 Å². The van der Waals surface area contributed by atoms with Crippen molar-refractivity contribution in [3.8, 4) is 0 Å². The Bertz CT molecular complexity index is 972. The predicted molar refractivity (Wildman–Crippen MR) is 100 cm³/mol. The molecule has 2 heterocycles. The number of hydrogen-bond acceptors (Lipinski definition) is 8. The molecule has 0 bridgehead atoms. The highest BCUT2D eigenvalue weighted by atomic mass is 32.1.